The van der Waals surface area contributed by atoms with E-state index in [0.29, 0.717) is 23.1 Å². The van der Waals surface area contributed by atoms with Crippen molar-refractivity contribution in [3.05, 3.63) is 65.0 Å². The van der Waals surface area contributed by atoms with E-state index in [9.17, 15) is 4.39 Å². The molecule has 0 spiro atoms. The van der Waals surface area contributed by atoms with Gasteiger partial charge in [-0.1, -0.05) is 30.3 Å². The molecule has 21 heavy (non-hydrogen) atoms. The molecule has 0 unspecified atom stereocenters. The fraction of sp³-hybridized carbons (Fsp3) is 0.278. The quantitative estimate of drug-likeness (QED) is 0.906. The molecular formula is C18H17FN2. The summed E-state index contributed by atoms with van der Waals surface area (Å²) in [6.07, 6.45) is 2.09. The van der Waals surface area contributed by atoms with E-state index in [2.05, 4.69) is 29.6 Å². The highest BCUT2D eigenvalue weighted by Gasteiger charge is 2.30. The predicted molar refractivity (Wildman–Crippen MR) is 81.7 cm³/mol. The zero-order valence-electron chi connectivity index (χ0n) is 11.9. The lowest BCUT2D eigenvalue weighted by molar-refractivity contribution is 0.374. The van der Waals surface area contributed by atoms with Crippen LogP contribution in [0.2, 0.25) is 0 Å². The lowest BCUT2D eigenvalue weighted by Gasteiger charge is -2.37. The minimum Gasteiger partial charge on any atom is -0.382 e. The summed E-state index contributed by atoms with van der Waals surface area (Å²) in [5, 5.41) is 12.3. The van der Waals surface area contributed by atoms with Gasteiger partial charge in [0.05, 0.1) is 11.6 Å². The van der Waals surface area contributed by atoms with Crippen LogP contribution in [-0.4, -0.2) is 6.04 Å². The molecule has 1 aliphatic rings. The summed E-state index contributed by atoms with van der Waals surface area (Å²) in [7, 11) is 0. The Morgan fingerprint density at radius 1 is 1.19 bits per heavy atom. The first-order chi connectivity index (χ1) is 10.2. The Morgan fingerprint density at radius 2 is 1.90 bits per heavy atom. The van der Waals surface area contributed by atoms with Gasteiger partial charge in [-0.25, -0.2) is 4.39 Å². The van der Waals surface area contributed by atoms with Crippen molar-refractivity contribution in [1.82, 2.24) is 0 Å². The van der Waals surface area contributed by atoms with E-state index in [1.165, 1.54) is 11.6 Å². The lowest BCUT2D eigenvalue weighted by Crippen LogP contribution is -2.34. The number of anilines is 1. The molecular weight excluding hydrogens is 263 g/mol. The zero-order valence-corrected chi connectivity index (χ0v) is 11.9. The molecule has 1 fully saturated rings. The number of nitrogens with one attached hydrogen (secondary N) is 1. The van der Waals surface area contributed by atoms with Crippen LogP contribution in [0.25, 0.3) is 0 Å². The number of benzene rings is 2. The summed E-state index contributed by atoms with van der Waals surface area (Å²) in [4.78, 5) is 0. The molecule has 0 aliphatic heterocycles. The summed E-state index contributed by atoms with van der Waals surface area (Å²) in [5.74, 6) is 0.253. The fourth-order valence-corrected chi connectivity index (χ4v) is 2.85. The van der Waals surface area contributed by atoms with Crippen molar-refractivity contribution in [3.63, 3.8) is 0 Å². The third-order valence-corrected chi connectivity index (χ3v) is 4.24. The molecule has 2 aromatic carbocycles. The van der Waals surface area contributed by atoms with Gasteiger partial charge in [0.25, 0.3) is 0 Å². The van der Waals surface area contributed by atoms with Gasteiger partial charge in [-0.2, -0.15) is 5.26 Å². The monoisotopic (exact) mass is 280 g/mol. The van der Waals surface area contributed by atoms with Crippen molar-refractivity contribution < 1.29 is 4.39 Å². The van der Waals surface area contributed by atoms with Gasteiger partial charge in [-0.15, -0.1) is 0 Å². The first kappa shape index (κ1) is 13.6. The highest BCUT2D eigenvalue weighted by atomic mass is 19.1. The Bertz CT molecular complexity index is 682. The Labute approximate surface area is 124 Å². The van der Waals surface area contributed by atoms with Gasteiger partial charge in [0.2, 0.25) is 0 Å². The van der Waals surface area contributed by atoms with Crippen LogP contribution in [0, 0.1) is 24.1 Å². The maximum atomic E-state index is 13.7. The number of nitriles is 1. The van der Waals surface area contributed by atoms with E-state index in [4.69, 9.17) is 5.26 Å². The SMILES string of the molecule is Cc1c(F)cc(C#N)cc1NC1CC(c2ccccc2)C1. The van der Waals surface area contributed by atoms with Crippen LogP contribution < -0.4 is 5.32 Å². The highest BCUT2D eigenvalue weighted by molar-refractivity contribution is 5.56. The van der Waals surface area contributed by atoms with E-state index in [0.717, 1.165) is 18.5 Å². The minimum absolute atomic E-state index is 0.324. The molecule has 0 amide bonds. The summed E-state index contributed by atoms with van der Waals surface area (Å²) in [5.41, 5.74) is 3.05. The Hall–Kier alpha value is -2.34. The average Bonchev–Trinajstić information content (AvgIpc) is 2.47. The maximum absolute atomic E-state index is 13.7. The van der Waals surface area contributed by atoms with Gasteiger partial charge in [-0.3, -0.25) is 0 Å². The molecule has 0 bridgehead atoms. The van der Waals surface area contributed by atoms with E-state index in [-0.39, 0.29) is 5.82 Å². The summed E-state index contributed by atoms with van der Waals surface area (Å²) in [6, 6.07) is 15.8. The van der Waals surface area contributed by atoms with Crippen LogP contribution in [0.1, 0.15) is 35.4 Å². The normalized spacial score (nSPS) is 20.4. The van der Waals surface area contributed by atoms with Crippen LogP contribution in [0.5, 0.6) is 0 Å². The van der Waals surface area contributed by atoms with Crippen molar-refractivity contribution in [2.24, 2.45) is 0 Å². The Balaban J connectivity index is 1.68. The number of halogens is 1. The van der Waals surface area contributed by atoms with Crippen LogP contribution in [0.15, 0.2) is 42.5 Å². The largest absolute Gasteiger partial charge is 0.382 e. The molecule has 1 N–H and O–H groups in total. The molecule has 3 heteroatoms. The lowest BCUT2D eigenvalue weighted by atomic mass is 9.76. The number of hydrogen-bond donors (Lipinski definition) is 1. The third-order valence-electron chi connectivity index (χ3n) is 4.24. The maximum Gasteiger partial charge on any atom is 0.129 e. The van der Waals surface area contributed by atoms with E-state index in [1.54, 1.807) is 13.0 Å². The average molecular weight is 280 g/mol. The van der Waals surface area contributed by atoms with Gasteiger partial charge in [0.15, 0.2) is 0 Å². The molecule has 1 saturated carbocycles. The minimum atomic E-state index is -0.324. The number of nitrogens with zero attached hydrogens (tertiary/aromatic N) is 1. The Kier molecular flexibility index (Phi) is 3.62. The van der Waals surface area contributed by atoms with Gasteiger partial charge >= 0.3 is 0 Å². The van der Waals surface area contributed by atoms with Crippen molar-refractivity contribution in [3.8, 4) is 6.07 Å². The second-order valence-electron chi connectivity index (χ2n) is 5.66. The molecule has 2 aromatic rings. The van der Waals surface area contributed by atoms with Crippen molar-refractivity contribution >= 4 is 5.69 Å². The fourth-order valence-electron chi connectivity index (χ4n) is 2.85. The van der Waals surface area contributed by atoms with E-state index in [1.807, 2.05) is 12.1 Å². The first-order valence-corrected chi connectivity index (χ1v) is 7.19. The van der Waals surface area contributed by atoms with E-state index < -0.39 is 0 Å². The molecule has 3 rings (SSSR count). The Morgan fingerprint density at radius 3 is 2.57 bits per heavy atom. The molecule has 0 atom stereocenters. The predicted octanol–water partition coefficient (Wildman–Crippen LogP) is 4.36. The van der Waals surface area contributed by atoms with E-state index >= 15 is 0 Å². The second-order valence-corrected chi connectivity index (χ2v) is 5.66. The third kappa shape index (κ3) is 2.75. The molecule has 0 radical (unpaired) electrons. The van der Waals surface area contributed by atoms with Gasteiger partial charge < -0.3 is 5.32 Å². The topological polar surface area (TPSA) is 35.8 Å². The highest BCUT2D eigenvalue weighted by Crippen LogP contribution is 2.39. The smallest absolute Gasteiger partial charge is 0.129 e. The zero-order chi connectivity index (χ0) is 14.8. The van der Waals surface area contributed by atoms with Gasteiger partial charge in [0.1, 0.15) is 5.82 Å². The molecule has 0 heterocycles. The second kappa shape index (κ2) is 5.57. The summed E-state index contributed by atoms with van der Waals surface area (Å²) in [6.45, 7) is 1.74. The molecule has 0 saturated heterocycles. The van der Waals surface area contributed by atoms with Gasteiger partial charge in [0, 0.05) is 17.3 Å². The van der Waals surface area contributed by atoms with Crippen LogP contribution in [-0.2, 0) is 0 Å². The van der Waals surface area contributed by atoms with Crippen LogP contribution >= 0.6 is 0 Å². The van der Waals surface area contributed by atoms with Crippen molar-refractivity contribution in [2.45, 2.75) is 31.7 Å². The van der Waals surface area contributed by atoms with Crippen LogP contribution in [0.3, 0.4) is 0 Å². The van der Waals surface area contributed by atoms with Gasteiger partial charge in [-0.05, 0) is 43.4 Å². The molecule has 1 aliphatic carbocycles. The standard InChI is InChI=1S/C18H17FN2/c1-12-17(19)7-13(11-20)8-18(12)21-16-9-15(10-16)14-5-3-2-4-6-14/h2-8,15-16,21H,9-10H2,1H3. The van der Waals surface area contributed by atoms with Crippen LogP contribution in [0.4, 0.5) is 10.1 Å². The summed E-state index contributed by atoms with van der Waals surface area (Å²) < 4.78 is 13.7. The molecule has 106 valence electrons. The van der Waals surface area contributed by atoms with Crippen molar-refractivity contribution in [1.29, 1.82) is 5.26 Å². The summed E-state index contributed by atoms with van der Waals surface area (Å²) >= 11 is 0. The first-order valence-electron chi connectivity index (χ1n) is 7.19. The number of hydrogen-bond acceptors (Lipinski definition) is 2. The molecule has 2 nitrogen and oxygen atoms in total. The number of rotatable bonds is 3. The molecule has 0 aromatic heterocycles. The van der Waals surface area contributed by atoms with Crippen molar-refractivity contribution in [2.75, 3.05) is 5.32 Å².